The molecule has 1 saturated carbocycles. The Labute approximate surface area is 169 Å². The van der Waals surface area contributed by atoms with Crippen LogP contribution < -0.4 is 10.6 Å². The number of likely N-dealkylation sites (N-methyl/N-ethyl adjacent to an activating group) is 1. The summed E-state index contributed by atoms with van der Waals surface area (Å²) >= 11 is 0. The molecule has 0 heterocycles. The first-order valence-electron chi connectivity index (χ1n) is 9.03. The summed E-state index contributed by atoms with van der Waals surface area (Å²) in [5.41, 5.74) is 0. The zero-order valence-electron chi connectivity index (χ0n) is 15.9. The number of carbonyl (C=O) groups excluding carboxylic acids is 1. The molecule has 0 bridgehead atoms. The van der Waals surface area contributed by atoms with Crippen molar-refractivity contribution in [1.29, 1.82) is 0 Å². The van der Waals surface area contributed by atoms with Crippen LogP contribution in [0.2, 0.25) is 0 Å². The molecule has 0 aliphatic heterocycles. The highest BCUT2D eigenvalue weighted by atomic mass is 127. The largest absolute Gasteiger partial charge is 0.378 e. The first kappa shape index (κ1) is 24.2. The van der Waals surface area contributed by atoms with Crippen LogP contribution in [-0.2, 0) is 9.53 Å². The molecular weight excluding hydrogens is 431 g/mol. The number of aliphatic imine (C=N–C) groups is 1. The van der Waals surface area contributed by atoms with Crippen molar-refractivity contribution in [3.05, 3.63) is 12.7 Å². The Morgan fingerprint density at radius 1 is 1.36 bits per heavy atom. The molecule has 0 aromatic rings. The topological polar surface area (TPSA) is 66.0 Å². The second kappa shape index (κ2) is 14.4. The van der Waals surface area contributed by atoms with Crippen molar-refractivity contribution in [2.45, 2.75) is 45.1 Å². The lowest BCUT2D eigenvalue weighted by molar-refractivity contribution is -0.127. The van der Waals surface area contributed by atoms with E-state index < -0.39 is 0 Å². The second-order valence-electron chi connectivity index (χ2n) is 6.38. The SMILES string of the molecule is C=CCNC(=NCC(=O)N(C)C)NCCC(OCC)C1CCCC1.I. The Morgan fingerprint density at radius 2 is 2.04 bits per heavy atom. The van der Waals surface area contributed by atoms with E-state index in [1.165, 1.54) is 25.7 Å². The van der Waals surface area contributed by atoms with Gasteiger partial charge >= 0.3 is 0 Å². The summed E-state index contributed by atoms with van der Waals surface area (Å²) in [6, 6.07) is 0. The molecular formula is C18H35IN4O2. The quantitative estimate of drug-likeness (QED) is 0.225. The van der Waals surface area contributed by atoms with Crippen LogP contribution in [0.5, 0.6) is 0 Å². The maximum atomic E-state index is 11.7. The fraction of sp³-hybridized carbons (Fsp3) is 0.778. The van der Waals surface area contributed by atoms with E-state index in [1.807, 2.05) is 0 Å². The van der Waals surface area contributed by atoms with Gasteiger partial charge in [0.05, 0.1) is 6.10 Å². The number of rotatable bonds is 10. The number of carbonyl (C=O) groups is 1. The van der Waals surface area contributed by atoms with Gasteiger partial charge in [0.15, 0.2) is 5.96 Å². The van der Waals surface area contributed by atoms with Gasteiger partial charge in [-0.05, 0) is 32.1 Å². The molecule has 1 unspecified atom stereocenters. The van der Waals surface area contributed by atoms with E-state index in [2.05, 4.69) is 29.1 Å². The van der Waals surface area contributed by atoms with Gasteiger partial charge in [0.2, 0.25) is 5.91 Å². The van der Waals surface area contributed by atoms with Gasteiger partial charge in [-0.3, -0.25) is 4.79 Å². The molecule has 1 amide bonds. The molecule has 2 N–H and O–H groups in total. The molecule has 25 heavy (non-hydrogen) atoms. The fourth-order valence-electron chi connectivity index (χ4n) is 2.96. The van der Waals surface area contributed by atoms with Crippen LogP contribution in [0.15, 0.2) is 17.6 Å². The van der Waals surface area contributed by atoms with Crippen LogP contribution in [0, 0.1) is 5.92 Å². The number of ether oxygens (including phenoxy) is 1. The van der Waals surface area contributed by atoms with Gasteiger partial charge in [-0.15, -0.1) is 30.6 Å². The summed E-state index contributed by atoms with van der Waals surface area (Å²) in [5, 5.41) is 6.45. The normalized spacial score (nSPS) is 16.0. The molecule has 7 heteroatoms. The van der Waals surface area contributed by atoms with E-state index in [0.29, 0.717) is 24.5 Å². The zero-order chi connectivity index (χ0) is 17.8. The highest BCUT2D eigenvalue weighted by Crippen LogP contribution is 2.30. The van der Waals surface area contributed by atoms with E-state index in [1.54, 1.807) is 25.1 Å². The minimum Gasteiger partial charge on any atom is -0.378 e. The van der Waals surface area contributed by atoms with Crippen LogP contribution in [0.25, 0.3) is 0 Å². The number of nitrogens with one attached hydrogen (secondary N) is 2. The average Bonchev–Trinajstić information content (AvgIpc) is 3.09. The molecule has 0 radical (unpaired) electrons. The van der Waals surface area contributed by atoms with Crippen molar-refractivity contribution in [3.63, 3.8) is 0 Å². The zero-order valence-corrected chi connectivity index (χ0v) is 18.3. The van der Waals surface area contributed by atoms with Crippen LogP contribution in [0.1, 0.15) is 39.0 Å². The molecule has 1 rings (SSSR count). The van der Waals surface area contributed by atoms with Gasteiger partial charge in [-0.25, -0.2) is 4.99 Å². The van der Waals surface area contributed by atoms with Crippen LogP contribution in [-0.4, -0.2) is 63.2 Å². The minimum atomic E-state index is -0.0205. The van der Waals surface area contributed by atoms with Crippen molar-refractivity contribution >= 4 is 35.8 Å². The summed E-state index contributed by atoms with van der Waals surface area (Å²) in [6.45, 7) is 8.04. The van der Waals surface area contributed by atoms with Crippen molar-refractivity contribution in [2.75, 3.05) is 40.3 Å². The van der Waals surface area contributed by atoms with Crippen molar-refractivity contribution < 1.29 is 9.53 Å². The van der Waals surface area contributed by atoms with Crippen LogP contribution >= 0.6 is 24.0 Å². The summed E-state index contributed by atoms with van der Waals surface area (Å²) in [4.78, 5) is 17.6. The van der Waals surface area contributed by atoms with Crippen molar-refractivity contribution in [2.24, 2.45) is 10.9 Å². The fourth-order valence-corrected chi connectivity index (χ4v) is 2.96. The second-order valence-corrected chi connectivity index (χ2v) is 6.38. The molecule has 1 aliphatic carbocycles. The van der Waals surface area contributed by atoms with Gasteiger partial charge in [0, 0.05) is 33.8 Å². The lowest BCUT2D eigenvalue weighted by atomic mass is 9.98. The lowest BCUT2D eigenvalue weighted by Gasteiger charge is -2.24. The Kier molecular flexibility index (Phi) is 13.9. The van der Waals surface area contributed by atoms with Crippen LogP contribution in [0.4, 0.5) is 0 Å². The predicted molar refractivity (Wildman–Crippen MR) is 115 cm³/mol. The average molecular weight is 466 g/mol. The third-order valence-electron chi connectivity index (χ3n) is 4.31. The van der Waals surface area contributed by atoms with E-state index in [0.717, 1.165) is 19.6 Å². The van der Waals surface area contributed by atoms with E-state index >= 15 is 0 Å². The Balaban J connectivity index is 0.00000576. The summed E-state index contributed by atoms with van der Waals surface area (Å²) in [5.74, 6) is 1.31. The highest BCUT2D eigenvalue weighted by molar-refractivity contribution is 14.0. The molecule has 1 fully saturated rings. The van der Waals surface area contributed by atoms with Crippen LogP contribution in [0.3, 0.4) is 0 Å². The molecule has 1 aliphatic rings. The minimum absolute atomic E-state index is 0. The Hall–Kier alpha value is -0.830. The number of hydrogen-bond acceptors (Lipinski definition) is 3. The van der Waals surface area contributed by atoms with Gasteiger partial charge in [-0.1, -0.05) is 18.9 Å². The number of amides is 1. The number of hydrogen-bond donors (Lipinski definition) is 2. The highest BCUT2D eigenvalue weighted by Gasteiger charge is 2.25. The summed E-state index contributed by atoms with van der Waals surface area (Å²) in [7, 11) is 3.47. The summed E-state index contributed by atoms with van der Waals surface area (Å²) in [6.07, 6.45) is 8.23. The number of halogens is 1. The third kappa shape index (κ3) is 10.0. The van der Waals surface area contributed by atoms with Gasteiger partial charge < -0.3 is 20.3 Å². The third-order valence-corrected chi connectivity index (χ3v) is 4.31. The molecule has 1 atom stereocenters. The van der Waals surface area contributed by atoms with Gasteiger partial charge in [0.1, 0.15) is 6.54 Å². The van der Waals surface area contributed by atoms with Gasteiger partial charge in [0.25, 0.3) is 0 Å². The van der Waals surface area contributed by atoms with E-state index in [9.17, 15) is 4.79 Å². The van der Waals surface area contributed by atoms with Crippen molar-refractivity contribution in [3.8, 4) is 0 Å². The number of nitrogens with zero attached hydrogens (tertiary/aromatic N) is 2. The molecule has 0 aromatic carbocycles. The molecule has 146 valence electrons. The lowest BCUT2D eigenvalue weighted by Crippen LogP contribution is -2.40. The Bertz CT molecular complexity index is 410. The maximum absolute atomic E-state index is 11.7. The first-order valence-corrected chi connectivity index (χ1v) is 9.03. The maximum Gasteiger partial charge on any atom is 0.243 e. The molecule has 6 nitrogen and oxygen atoms in total. The predicted octanol–water partition coefficient (Wildman–Crippen LogP) is 2.40. The summed E-state index contributed by atoms with van der Waals surface area (Å²) < 4.78 is 5.94. The Morgan fingerprint density at radius 3 is 2.60 bits per heavy atom. The van der Waals surface area contributed by atoms with E-state index in [4.69, 9.17) is 4.74 Å². The van der Waals surface area contributed by atoms with Crippen molar-refractivity contribution in [1.82, 2.24) is 15.5 Å². The number of guanidine groups is 1. The molecule has 0 spiro atoms. The standard InChI is InChI=1S/C18H34N4O2.HI/c1-5-12-19-18(21-14-17(23)22(3)4)20-13-11-16(24-6-2)15-9-7-8-10-15;/h5,15-16H,1,6-14H2,2-4H3,(H2,19,20,21);1H. The van der Waals surface area contributed by atoms with Gasteiger partial charge in [-0.2, -0.15) is 0 Å². The first-order chi connectivity index (χ1) is 11.6. The molecule has 0 saturated heterocycles. The molecule has 0 aromatic heterocycles. The smallest absolute Gasteiger partial charge is 0.243 e. The monoisotopic (exact) mass is 466 g/mol. The van der Waals surface area contributed by atoms with E-state index in [-0.39, 0.29) is 36.4 Å².